The minimum absolute atomic E-state index is 0.171. The molecular weight excluding hydrogens is 436 g/mol. The Bertz CT molecular complexity index is 1030. The van der Waals surface area contributed by atoms with Crippen LogP contribution in [0.4, 0.5) is 0 Å². The standard InChI is InChI=1S/C31H32O4/c1-33-30-19-17-25(18-20-30)23-34-22-21-29(32)24-35-31(26-11-5-2-6-12-26,27-13-7-3-8-14-27)28-15-9-4-10-16-28/h2-20,29,32H,21-24H2,1H3. The van der Waals surface area contributed by atoms with Gasteiger partial charge in [0.05, 0.1) is 26.4 Å². The quantitative estimate of drug-likeness (QED) is 0.206. The molecule has 0 radical (unpaired) electrons. The summed E-state index contributed by atoms with van der Waals surface area (Å²) in [5.74, 6) is 0.819. The average molecular weight is 469 g/mol. The van der Waals surface area contributed by atoms with E-state index in [4.69, 9.17) is 14.2 Å². The van der Waals surface area contributed by atoms with Crippen molar-refractivity contribution in [2.24, 2.45) is 0 Å². The molecule has 4 heteroatoms. The lowest BCUT2D eigenvalue weighted by Gasteiger charge is -2.36. The predicted molar refractivity (Wildman–Crippen MR) is 138 cm³/mol. The van der Waals surface area contributed by atoms with Gasteiger partial charge >= 0.3 is 0 Å². The summed E-state index contributed by atoms with van der Waals surface area (Å²) in [5.41, 5.74) is 3.27. The second kappa shape index (κ2) is 12.3. The first kappa shape index (κ1) is 24.7. The van der Waals surface area contributed by atoms with E-state index in [-0.39, 0.29) is 6.61 Å². The molecule has 0 fully saturated rings. The van der Waals surface area contributed by atoms with Crippen molar-refractivity contribution in [3.05, 3.63) is 138 Å². The fourth-order valence-electron chi connectivity index (χ4n) is 4.20. The van der Waals surface area contributed by atoms with Crippen molar-refractivity contribution in [2.45, 2.75) is 24.7 Å². The van der Waals surface area contributed by atoms with Crippen LogP contribution in [-0.2, 0) is 21.7 Å². The molecule has 4 aromatic rings. The van der Waals surface area contributed by atoms with E-state index in [9.17, 15) is 5.11 Å². The summed E-state index contributed by atoms with van der Waals surface area (Å²) in [6.07, 6.45) is -0.189. The van der Waals surface area contributed by atoms with E-state index in [1.807, 2.05) is 78.9 Å². The number of rotatable bonds is 12. The van der Waals surface area contributed by atoms with Gasteiger partial charge < -0.3 is 19.3 Å². The third kappa shape index (κ3) is 6.17. The second-order valence-corrected chi connectivity index (χ2v) is 8.43. The molecule has 1 atom stereocenters. The molecule has 0 saturated heterocycles. The van der Waals surface area contributed by atoms with Crippen molar-refractivity contribution in [3.8, 4) is 5.75 Å². The Labute approximate surface area is 207 Å². The number of hydrogen-bond donors (Lipinski definition) is 1. The highest BCUT2D eigenvalue weighted by Gasteiger charge is 2.37. The molecule has 0 aliphatic carbocycles. The van der Waals surface area contributed by atoms with E-state index >= 15 is 0 Å². The Morgan fingerprint density at radius 3 is 1.63 bits per heavy atom. The Hall–Kier alpha value is -3.44. The number of hydrogen-bond acceptors (Lipinski definition) is 4. The molecule has 0 saturated carbocycles. The van der Waals surface area contributed by atoms with Gasteiger partial charge in [0.2, 0.25) is 0 Å². The lowest BCUT2D eigenvalue weighted by atomic mass is 9.80. The zero-order chi connectivity index (χ0) is 24.3. The van der Waals surface area contributed by atoms with E-state index in [0.29, 0.717) is 19.6 Å². The number of benzene rings is 4. The molecule has 0 aromatic heterocycles. The Kier molecular flexibility index (Phi) is 8.68. The lowest BCUT2D eigenvalue weighted by Crippen LogP contribution is -2.36. The Balaban J connectivity index is 1.46. The summed E-state index contributed by atoms with van der Waals surface area (Å²) in [7, 11) is 1.65. The van der Waals surface area contributed by atoms with Gasteiger partial charge in [0.15, 0.2) is 0 Å². The number of methoxy groups -OCH3 is 1. The number of ether oxygens (including phenoxy) is 3. The fourth-order valence-corrected chi connectivity index (χ4v) is 4.20. The summed E-state index contributed by atoms with van der Waals surface area (Å²) in [6.45, 7) is 1.09. The summed E-state index contributed by atoms with van der Waals surface area (Å²) < 4.78 is 17.7. The van der Waals surface area contributed by atoms with Gasteiger partial charge in [-0.05, 0) is 40.8 Å². The van der Waals surface area contributed by atoms with Crippen LogP contribution in [0.1, 0.15) is 28.7 Å². The van der Waals surface area contributed by atoms with Gasteiger partial charge in [-0.2, -0.15) is 0 Å². The van der Waals surface area contributed by atoms with Crippen LogP contribution in [0.5, 0.6) is 5.75 Å². The normalized spacial score (nSPS) is 12.3. The van der Waals surface area contributed by atoms with Gasteiger partial charge in [-0.25, -0.2) is 0 Å². The Morgan fingerprint density at radius 2 is 1.17 bits per heavy atom. The monoisotopic (exact) mass is 468 g/mol. The van der Waals surface area contributed by atoms with Gasteiger partial charge in [0.1, 0.15) is 11.4 Å². The molecule has 0 aliphatic heterocycles. The highest BCUT2D eigenvalue weighted by Crippen LogP contribution is 2.40. The first-order chi connectivity index (χ1) is 17.2. The molecule has 0 amide bonds. The van der Waals surface area contributed by atoms with Crippen molar-refractivity contribution in [1.82, 2.24) is 0 Å². The van der Waals surface area contributed by atoms with Crippen LogP contribution in [0.2, 0.25) is 0 Å². The molecule has 35 heavy (non-hydrogen) atoms. The number of aliphatic hydroxyl groups is 1. The SMILES string of the molecule is COc1ccc(COCCC(O)COC(c2ccccc2)(c2ccccc2)c2ccccc2)cc1. The van der Waals surface area contributed by atoms with Crippen LogP contribution in [-0.4, -0.2) is 31.5 Å². The summed E-state index contributed by atoms with van der Waals surface area (Å²) in [6, 6.07) is 38.3. The molecule has 180 valence electrons. The molecule has 4 nitrogen and oxygen atoms in total. The van der Waals surface area contributed by atoms with Crippen LogP contribution in [0.15, 0.2) is 115 Å². The van der Waals surface area contributed by atoms with Crippen molar-refractivity contribution >= 4 is 0 Å². The minimum Gasteiger partial charge on any atom is -0.497 e. The average Bonchev–Trinajstić information content (AvgIpc) is 2.93. The molecule has 4 aromatic carbocycles. The fraction of sp³-hybridized carbons (Fsp3) is 0.226. The van der Waals surface area contributed by atoms with Crippen molar-refractivity contribution in [2.75, 3.05) is 20.3 Å². The smallest absolute Gasteiger partial charge is 0.143 e. The van der Waals surface area contributed by atoms with E-state index < -0.39 is 11.7 Å². The topological polar surface area (TPSA) is 47.9 Å². The molecule has 0 heterocycles. The van der Waals surface area contributed by atoms with E-state index in [0.717, 1.165) is 28.0 Å². The summed E-state index contributed by atoms with van der Waals surface area (Å²) in [4.78, 5) is 0. The minimum atomic E-state index is -0.839. The lowest BCUT2D eigenvalue weighted by molar-refractivity contribution is -0.0474. The molecule has 1 unspecified atom stereocenters. The summed E-state index contributed by atoms with van der Waals surface area (Å²) in [5, 5.41) is 10.8. The largest absolute Gasteiger partial charge is 0.497 e. The van der Waals surface area contributed by atoms with Crippen molar-refractivity contribution in [3.63, 3.8) is 0 Å². The molecule has 0 aliphatic rings. The van der Waals surface area contributed by atoms with E-state index in [1.54, 1.807) is 7.11 Å². The van der Waals surface area contributed by atoms with E-state index in [2.05, 4.69) is 36.4 Å². The van der Waals surface area contributed by atoms with Crippen molar-refractivity contribution < 1.29 is 19.3 Å². The molecule has 0 bridgehead atoms. The van der Waals surface area contributed by atoms with Crippen LogP contribution in [0, 0.1) is 0 Å². The zero-order valence-corrected chi connectivity index (χ0v) is 20.0. The van der Waals surface area contributed by atoms with Gasteiger partial charge in [-0.1, -0.05) is 103 Å². The maximum absolute atomic E-state index is 10.8. The van der Waals surface area contributed by atoms with Crippen LogP contribution in [0.3, 0.4) is 0 Å². The highest BCUT2D eigenvalue weighted by atomic mass is 16.5. The molecular formula is C31H32O4. The van der Waals surface area contributed by atoms with Gasteiger partial charge in [-0.15, -0.1) is 0 Å². The molecule has 1 N–H and O–H groups in total. The first-order valence-corrected chi connectivity index (χ1v) is 11.9. The third-order valence-electron chi connectivity index (χ3n) is 6.06. The zero-order valence-electron chi connectivity index (χ0n) is 20.0. The van der Waals surface area contributed by atoms with Gasteiger partial charge in [0, 0.05) is 6.61 Å². The maximum atomic E-state index is 10.8. The predicted octanol–water partition coefficient (Wildman–Crippen LogP) is 5.97. The van der Waals surface area contributed by atoms with Crippen LogP contribution in [0.25, 0.3) is 0 Å². The second-order valence-electron chi connectivity index (χ2n) is 8.43. The van der Waals surface area contributed by atoms with Crippen LogP contribution >= 0.6 is 0 Å². The van der Waals surface area contributed by atoms with Crippen molar-refractivity contribution in [1.29, 1.82) is 0 Å². The number of aliphatic hydroxyl groups excluding tert-OH is 1. The highest BCUT2D eigenvalue weighted by molar-refractivity contribution is 5.47. The molecule has 4 rings (SSSR count). The van der Waals surface area contributed by atoms with Crippen LogP contribution < -0.4 is 4.74 Å². The third-order valence-corrected chi connectivity index (χ3v) is 6.06. The Morgan fingerprint density at radius 1 is 0.686 bits per heavy atom. The maximum Gasteiger partial charge on any atom is 0.143 e. The van der Waals surface area contributed by atoms with Gasteiger partial charge in [-0.3, -0.25) is 0 Å². The summed E-state index contributed by atoms with van der Waals surface area (Å²) >= 11 is 0. The van der Waals surface area contributed by atoms with E-state index in [1.165, 1.54) is 0 Å². The molecule has 0 spiro atoms. The first-order valence-electron chi connectivity index (χ1n) is 11.9. The van der Waals surface area contributed by atoms with Gasteiger partial charge in [0.25, 0.3) is 0 Å².